The van der Waals surface area contributed by atoms with E-state index in [9.17, 15) is 13.2 Å². The summed E-state index contributed by atoms with van der Waals surface area (Å²) in [5.41, 5.74) is 5.50. The van der Waals surface area contributed by atoms with Gasteiger partial charge in [0.15, 0.2) is 6.61 Å². The van der Waals surface area contributed by atoms with Crippen LogP contribution in [0.4, 0.5) is 13.2 Å². The second-order valence-corrected chi connectivity index (χ2v) is 3.75. The molecule has 15 heavy (non-hydrogen) atoms. The van der Waals surface area contributed by atoms with Crippen molar-refractivity contribution >= 4 is 23.7 Å². The Bertz CT molecular complexity index is 303. The van der Waals surface area contributed by atoms with E-state index < -0.39 is 12.8 Å². The van der Waals surface area contributed by atoms with Crippen LogP contribution in [0, 0.1) is 0 Å². The fourth-order valence-corrected chi connectivity index (χ4v) is 1.41. The number of nitrogens with zero attached hydrogens (tertiary/aromatic N) is 1. The Morgan fingerprint density at radius 1 is 1.60 bits per heavy atom. The van der Waals surface area contributed by atoms with Gasteiger partial charge in [0.2, 0.25) is 0 Å². The third kappa shape index (κ3) is 5.19. The normalized spacial score (nSPS) is 13.1. The number of halogens is 4. The van der Waals surface area contributed by atoms with E-state index in [4.69, 9.17) is 5.73 Å². The molecule has 0 fully saturated rings. The molecule has 0 amide bonds. The first-order valence-corrected chi connectivity index (χ1v) is 4.61. The van der Waals surface area contributed by atoms with Gasteiger partial charge in [-0.2, -0.15) is 13.2 Å². The summed E-state index contributed by atoms with van der Waals surface area (Å²) < 4.78 is 39.6. The average molecular weight is 263 g/mol. The summed E-state index contributed by atoms with van der Waals surface area (Å²) >= 11 is 1.02. The van der Waals surface area contributed by atoms with Crippen LogP contribution in [0.25, 0.3) is 0 Å². The summed E-state index contributed by atoms with van der Waals surface area (Å²) in [7, 11) is 0. The number of thiazole rings is 1. The highest BCUT2D eigenvalue weighted by molar-refractivity contribution is 7.13. The second-order valence-electron chi connectivity index (χ2n) is 2.72. The van der Waals surface area contributed by atoms with E-state index in [-0.39, 0.29) is 23.6 Å². The van der Waals surface area contributed by atoms with Gasteiger partial charge >= 0.3 is 6.18 Å². The largest absolute Gasteiger partial charge is 0.460 e. The molecule has 1 aromatic heterocycles. The number of hydrogen-bond donors (Lipinski definition) is 1. The lowest BCUT2D eigenvalue weighted by Gasteiger charge is -2.05. The first-order valence-electron chi connectivity index (χ1n) is 3.79. The van der Waals surface area contributed by atoms with Gasteiger partial charge in [0, 0.05) is 17.1 Å². The maximum atomic E-state index is 11.7. The van der Waals surface area contributed by atoms with Crippen LogP contribution in [0.1, 0.15) is 17.8 Å². The van der Waals surface area contributed by atoms with Crippen LogP contribution < -0.4 is 10.5 Å². The fraction of sp³-hybridized carbons (Fsp3) is 0.571. The number of nitrogens with two attached hydrogens (primary N) is 1. The minimum absolute atomic E-state index is 0. The zero-order valence-corrected chi connectivity index (χ0v) is 9.38. The third-order valence-corrected chi connectivity index (χ3v) is 2.42. The summed E-state index contributed by atoms with van der Waals surface area (Å²) in [6.45, 7) is 0.403. The quantitative estimate of drug-likeness (QED) is 0.911. The maximum Gasteiger partial charge on any atom is 0.422 e. The van der Waals surface area contributed by atoms with E-state index in [1.807, 2.05) is 0 Å². The Kier molecular flexibility index (Phi) is 5.33. The number of aromatic nitrogens is 1. The van der Waals surface area contributed by atoms with Crippen molar-refractivity contribution in [1.82, 2.24) is 4.98 Å². The second kappa shape index (κ2) is 5.53. The van der Waals surface area contributed by atoms with Gasteiger partial charge in [-0.25, -0.2) is 4.98 Å². The summed E-state index contributed by atoms with van der Waals surface area (Å²) in [4.78, 5) is 4.35. The molecule has 0 bridgehead atoms. The molecule has 1 heterocycles. The molecule has 0 aromatic carbocycles. The molecule has 0 saturated heterocycles. The summed E-state index contributed by atoms with van der Waals surface area (Å²) in [5.74, 6) is 0. The molecule has 3 nitrogen and oxygen atoms in total. The number of alkyl halides is 3. The Morgan fingerprint density at radius 3 is 2.60 bits per heavy atom. The fourth-order valence-electron chi connectivity index (χ4n) is 0.691. The molecule has 88 valence electrons. The van der Waals surface area contributed by atoms with Crippen molar-refractivity contribution in [2.45, 2.75) is 19.1 Å². The van der Waals surface area contributed by atoms with Crippen molar-refractivity contribution in [1.29, 1.82) is 0 Å². The van der Waals surface area contributed by atoms with Crippen LogP contribution in [0.2, 0.25) is 0 Å². The van der Waals surface area contributed by atoms with Gasteiger partial charge < -0.3 is 10.5 Å². The van der Waals surface area contributed by atoms with Gasteiger partial charge in [-0.15, -0.1) is 12.4 Å². The minimum Gasteiger partial charge on any atom is -0.460 e. The van der Waals surface area contributed by atoms with Crippen LogP contribution in [0.3, 0.4) is 0 Å². The SMILES string of the molecule is CC(N)c1cnc(OCC(F)(F)F)s1.Cl. The first kappa shape index (κ1) is 14.5. The van der Waals surface area contributed by atoms with Crippen LogP contribution in [-0.2, 0) is 0 Å². The Labute approximate surface area is 94.9 Å². The standard InChI is InChI=1S/C7H9F3N2OS.ClH/c1-4(11)5-2-12-6(14-5)13-3-7(8,9)10;/h2,4H,3,11H2,1H3;1H. The molecule has 2 N–H and O–H groups in total. The third-order valence-electron chi connectivity index (χ3n) is 1.31. The van der Waals surface area contributed by atoms with E-state index >= 15 is 0 Å². The van der Waals surface area contributed by atoms with Crippen molar-refractivity contribution in [3.63, 3.8) is 0 Å². The lowest BCUT2D eigenvalue weighted by molar-refractivity contribution is -0.153. The topological polar surface area (TPSA) is 48.1 Å². The average Bonchev–Trinajstić information content (AvgIpc) is 2.47. The van der Waals surface area contributed by atoms with E-state index in [0.29, 0.717) is 4.88 Å². The van der Waals surface area contributed by atoms with E-state index in [0.717, 1.165) is 11.3 Å². The van der Waals surface area contributed by atoms with Crippen LogP contribution >= 0.6 is 23.7 Å². The number of rotatable bonds is 3. The Hall–Kier alpha value is -0.530. The molecule has 1 aromatic rings. The van der Waals surface area contributed by atoms with Crippen molar-refractivity contribution in [2.75, 3.05) is 6.61 Å². The molecular weight excluding hydrogens is 253 g/mol. The zero-order chi connectivity index (χ0) is 10.8. The molecule has 0 aliphatic heterocycles. The van der Waals surface area contributed by atoms with Gasteiger partial charge in [0.25, 0.3) is 5.19 Å². The highest BCUT2D eigenvalue weighted by Gasteiger charge is 2.29. The molecule has 8 heteroatoms. The Morgan fingerprint density at radius 2 is 2.20 bits per heavy atom. The summed E-state index contributed by atoms with van der Waals surface area (Å²) in [5, 5.41) is -0.00498. The highest BCUT2D eigenvalue weighted by Crippen LogP contribution is 2.26. The van der Waals surface area contributed by atoms with Crippen LogP contribution in [0.15, 0.2) is 6.20 Å². The van der Waals surface area contributed by atoms with Crippen LogP contribution in [-0.4, -0.2) is 17.8 Å². The smallest absolute Gasteiger partial charge is 0.422 e. The molecule has 0 aliphatic carbocycles. The van der Waals surface area contributed by atoms with Crippen molar-refractivity contribution < 1.29 is 17.9 Å². The zero-order valence-electron chi connectivity index (χ0n) is 7.75. The van der Waals surface area contributed by atoms with Crippen molar-refractivity contribution in [2.24, 2.45) is 5.73 Å². The molecule has 0 spiro atoms. The van der Waals surface area contributed by atoms with Gasteiger partial charge in [0.1, 0.15) is 0 Å². The van der Waals surface area contributed by atoms with Crippen LogP contribution in [0.5, 0.6) is 5.19 Å². The molecule has 0 saturated carbocycles. The lowest BCUT2D eigenvalue weighted by atomic mass is 10.3. The molecule has 1 atom stereocenters. The van der Waals surface area contributed by atoms with Gasteiger partial charge in [-0.05, 0) is 6.92 Å². The van der Waals surface area contributed by atoms with Crippen molar-refractivity contribution in [3.8, 4) is 5.19 Å². The Balaban J connectivity index is 0.00000196. The van der Waals surface area contributed by atoms with Gasteiger partial charge in [-0.1, -0.05) is 11.3 Å². The maximum absolute atomic E-state index is 11.7. The number of ether oxygens (including phenoxy) is 1. The highest BCUT2D eigenvalue weighted by atomic mass is 35.5. The molecule has 1 rings (SSSR count). The summed E-state index contributed by atoms with van der Waals surface area (Å²) in [6.07, 6.45) is -2.92. The van der Waals surface area contributed by atoms with E-state index in [2.05, 4.69) is 9.72 Å². The number of hydrogen-bond acceptors (Lipinski definition) is 4. The first-order chi connectivity index (χ1) is 6.38. The van der Waals surface area contributed by atoms with Gasteiger partial charge in [-0.3, -0.25) is 0 Å². The summed E-state index contributed by atoms with van der Waals surface area (Å²) in [6, 6.07) is -0.240. The molecule has 0 radical (unpaired) electrons. The molecular formula is C7H10ClF3N2OS. The predicted octanol–water partition coefficient (Wildman–Crippen LogP) is 2.53. The predicted molar refractivity (Wildman–Crippen MR) is 53.5 cm³/mol. The molecule has 0 aliphatic rings. The van der Waals surface area contributed by atoms with Gasteiger partial charge in [0.05, 0.1) is 0 Å². The molecule has 1 unspecified atom stereocenters. The van der Waals surface area contributed by atoms with Crippen molar-refractivity contribution in [3.05, 3.63) is 11.1 Å². The monoisotopic (exact) mass is 262 g/mol. The minimum atomic E-state index is -4.33. The lowest BCUT2D eigenvalue weighted by Crippen LogP contribution is -2.19. The van der Waals surface area contributed by atoms with E-state index in [1.54, 1.807) is 6.92 Å². The van der Waals surface area contributed by atoms with E-state index in [1.165, 1.54) is 6.20 Å².